The van der Waals surface area contributed by atoms with E-state index in [1.807, 2.05) is 12.1 Å². The molecule has 2 atom stereocenters. The molecule has 39 heavy (non-hydrogen) atoms. The minimum Gasteiger partial charge on any atom is -0.354 e. The number of amides is 3. The number of rotatable bonds is 6. The molecule has 2 aliphatic rings. The predicted octanol–water partition coefficient (Wildman–Crippen LogP) is 5.36. The van der Waals surface area contributed by atoms with E-state index in [9.17, 15) is 22.8 Å². The van der Waals surface area contributed by atoms with Crippen molar-refractivity contribution in [2.75, 3.05) is 32.5 Å². The molecule has 5 rings (SSSR count). The van der Waals surface area contributed by atoms with Crippen LogP contribution >= 0.6 is 0 Å². The van der Waals surface area contributed by atoms with Gasteiger partial charge in [0.15, 0.2) is 6.04 Å². The molecule has 8 nitrogen and oxygen atoms in total. The molecular weight excluding hydrogens is 509 g/mol. The lowest BCUT2D eigenvalue weighted by Gasteiger charge is -2.37. The topological polar surface area (TPSA) is 90.5 Å². The van der Waals surface area contributed by atoms with Crippen molar-refractivity contribution in [3.63, 3.8) is 0 Å². The molecule has 0 radical (unpaired) electrons. The number of likely N-dealkylation sites (tertiary alicyclic amines) is 1. The van der Waals surface area contributed by atoms with Gasteiger partial charge in [0.2, 0.25) is 5.91 Å². The van der Waals surface area contributed by atoms with Gasteiger partial charge in [-0.15, -0.1) is 0 Å². The third kappa shape index (κ3) is 5.62. The molecule has 1 saturated heterocycles. The van der Waals surface area contributed by atoms with Gasteiger partial charge >= 0.3 is 12.2 Å². The van der Waals surface area contributed by atoms with Gasteiger partial charge in [0.25, 0.3) is 0 Å². The minimum absolute atomic E-state index is 0.0383. The summed E-state index contributed by atoms with van der Waals surface area (Å²) in [6.45, 7) is 0.559. The first kappa shape index (κ1) is 26.7. The van der Waals surface area contributed by atoms with Gasteiger partial charge in [0.1, 0.15) is 0 Å². The van der Waals surface area contributed by atoms with E-state index < -0.39 is 24.0 Å². The smallest absolute Gasteiger partial charge is 0.354 e. The van der Waals surface area contributed by atoms with E-state index in [0.29, 0.717) is 31.0 Å². The molecule has 0 spiro atoms. The van der Waals surface area contributed by atoms with Crippen LogP contribution in [0.1, 0.15) is 48.8 Å². The Bertz CT molecular complexity index is 1360. The quantitative estimate of drug-likeness (QED) is 0.439. The standard InChI is InChI=1S/C28H31F3N6O2/c1-32-27(39)37-14-4-5-19(16-37)26(38)36(2)25(28(29,30)31)18-9-11-20(12-10-18)35-22-15-34-21-6-3-13-33-24(21)23(22)17-7-8-17/h3,6,9-13,15,17,19,25,35H,4-5,7-8,14,16H2,1-2H3,(H,32,39)/t19-,25+/m1/s1. The Morgan fingerprint density at radius 1 is 1.10 bits per heavy atom. The second-order valence-corrected chi connectivity index (χ2v) is 10.2. The van der Waals surface area contributed by atoms with E-state index in [1.165, 1.54) is 31.1 Å². The van der Waals surface area contributed by atoms with Gasteiger partial charge in [-0.2, -0.15) is 13.2 Å². The van der Waals surface area contributed by atoms with Crippen LogP contribution in [0.25, 0.3) is 11.0 Å². The van der Waals surface area contributed by atoms with E-state index in [-0.39, 0.29) is 18.1 Å². The highest BCUT2D eigenvalue weighted by atomic mass is 19.4. The van der Waals surface area contributed by atoms with Gasteiger partial charge in [-0.05, 0) is 61.4 Å². The van der Waals surface area contributed by atoms with Crippen LogP contribution in [-0.4, -0.2) is 65.1 Å². The molecule has 1 aliphatic carbocycles. The molecule has 1 aromatic carbocycles. The number of benzene rings is 1. The number of alkyl halides is 3. The zero-order chi connectivity index (χ0) is 27.7. The average molecular weight is 541 g/mol. The Labute approximate surface area is 224 Å². The summed E-state index contributed by atoms with van der Waals surface area (Å²) in [7, 11) is 2.67. The van der Waals surface area contributed by atoms with Crippen LogP contribution < -0.4 is 10.6 Å². The lowest BCUT2D eigenvalue weighted by molar-refractivity contribution is -0.191. The van der Waals surface area contributed by atoms with E-state index >= 15 is 0 Å². The fraction of sp³-hybridized carbons (Fsp3) is 0.429. The van der Waals surface area contributed by atoms with Gasteiger partial charge in [0.05, 0.1) is 28.8 Å². The van der Waals surface area contributed by atoms with Crippen molar-refractivity contribution in [1.82, 2.24) is 25.1 Å². The van der Waals surface area contributed by atoms with Crippen molar-refractivity contribution >= 4 is 34.3 Å². The summed E-state index contributed by atoms with van der Waals surface area (Å²) in [6.07, 6.45) is 1.88. The summed E-state index contributed by atoms with van der Waals surface area (Å²) in [6, 6.07) is 7.25. The average Bonchev–Trinajstić information content (AvgIpc) is 3.77. The molecule has 1 saturated carbocycles. The minimum atomic E-state index is -4.68. The molecule has 1 aliphatic heterocycles. The summed E-state index contributed by atoms with van der Waals surface area (Å²) in [5.41, 5.74) is 4.06. The largest absolute Gasteiger partial charge is 0.413 e. The molecule has 0 bridgehead atoms. The molecule has 11 heteroatoms. The van der Waals surface area contributed by atoms with Crippen molar-refractivity contribution in [2.45, 2.75) is 43.8 Å². The molecule has 3 heterocycles. The van der Waals surface area contributed by atoms with Crippen LogP contribution in [-0.2, 0) is 4.79 Å². The zero-order valence-corrected chi connectivity index (χ0v) is 21.8. The summed E-state index contributed by atoms with van der Waals surface area (Å²) in [4.78, 5) is 36.4. The molecule has 206 valence electrons. The summed E-state index contributed by atoms with van der Waals surface area (Å²) >= 11 is 0. The molecular formula is C28H31F3N6O2. The van der Waals surface area contributed by atoms with E-state index in [0.717, 1.165) is 40.0 Å². The van der Waals surface area contributed by atoms with Crippen LogP contribution in [0, 0.1) is 5.92 Å². The van der Waals surface area contributed by atoms with Crippen molar-refractivity contribution in [3.8, 4) is 0 Å². The van der Waals surface area contributed by atoms with E-state index in [1.54, 1.807) is 24.5 Å². The number of carbonyl (C=O) groups excluding carboxylic acids is 2. The maximum Gasteiger partial charge on any atom is 0.413 e. The first-order valence-electron chi connectivity index (χ1n) is 13.1. The van der Waals surface area contributed by atoms with Crippen LogP contribution in [0.3, 0.4) is 0 Å². The maximum atomic E-state index is 14.3. The first-order chi connectivity index (χ1) is 18.7. The molecule has 0 unspecified atom stereocenters. The molecule has 2 aromatic heterocycles. The highest BCUT2D eigenvalue weighted by Crippen LogP contribution is 2.46. The van der Waals surface area contributed by atoms with Crippen molar-refractivity contribution in [3.05, 3.63) is 59.9 Å². The van der Waals surface area contributed by atoms with Crippen LogP contribution in [0.4, 0.5) is 29.3 Å². The van der Waals surface area contributed by atoms with Gasteiger partial charge in [-0.25, -0.2) is 4.79 Å². The highest BCUT2D eigenvalue weighted by molar-refractivity contribution is 5.85. The molecule has 2 fully saturated rings. The van der Waals surface area contributed by atoms with Gasteiger partial charge in [-0.1, -0.05) is 12.1 Å². The third-order valence-electron chi connectivity index (χ3n) is 7.47. The zero-order valence-electron chi connectivity index (χ0n) is 21.8. The van der Waals surface area contributed by atoms with Crippen LogP contribution in [0.2, 0.25) is 0 Å². The second-order valence-electron chi connectivity index (χ2n) is 10.2. The van der Waals surface area contributed by atoms with E-state index in [4.69, 9.17) is 0 Å². The number of piperidine rings is 1. The highest BCUT2D eigenvalue weighted by Gasteiger charge is 2.46. The number of nitrogens with one attached hydrogen (secondary N) is 2. The van der Waals surface area contributed by atoms with Crippen molar-refractivity contribution in [2.24, 2.45) is 5.92 Å². The van der Waals surface area contributed by atoms with Crippen LogP contribution in [0.15, 0.2) is 48.8 Å². The second kappa shape index (κ2) is 10.7. The van der Waals surface area contributed by atoms with Crippen molar-refractivity contribution < 1.29 is 22.8 Å². The summed E-state index contributed by atoms with van der Waals surface area (Å²) < 4.78 is 42.9. The normalized spacial score (nSPS) is 18.5. The van der Waals surface area contributed by atoms with Gasteiger partial charge in [0, 0.05) is 44.6 Å². The lowest BCUT2D eigenvalue weighted by atomic mass is 9.95. The number of nitrogens with zero attached hydrogens (tertiary/aromatic N) is 4. The molecule has 3 amide bonds. The first-order valence-corrected chi connectivity index (χ1v) is 13.1. The number of pyridine rings is 2. The number of halogens is 3. The maximum absolute atomic E-state index is 14.3. The molecule has 3 aromatic rings. The Morgan fingerprint density at radius 2 is 1.85 bits per heavy atom. The van der Waals surface area contributed by atoms with Gasteiger partial charge < -0.3 is 20.4 Å². The Balaban J connectivity index is 1.36. The summed E-state index contributed by atoms with van der Waals surface area (Å²) in [5.74, 6) is -0.945. The Morgan fingerprint density at radius 3 is 2.51 bits per heavy atom. The monoisotopic (exact) mass is 540 g/mol. The number of carbonyl (C=O) groups is 2. The number of hydrogen-bond donors (Lipinski definition) is 2. The SMILES string of the molecule is CNC(=O)N1CCC[C@@H](C(=O)N(C)[C@@H](c2ccc(Nc3cnc4cccnc4c3C3CC3)cc2)C(F)(F)F)C1. The number of hydrogen-bond acceptors (Lipinski definition) is 5. The number of fused-ring (bicyclic) bond motifs is 1. The Hall–Kier alpha value is -3.89. The van der Waals surface area contributed by atoms with Gasteiger partial charge in [-0.3, -0.25) is 14.8 Å². The number of anilines is 2. The fourth-order valence-corrected chi connectivity index (χ4v) is 5.40. The number of aromatic nitrogens is 2. The third-order valence-corrected chi connectivity index (χ3v) is 7.47. The number of urea groups is 1. The lowest BCUT2D eigenvalue weighted by Crippen LogP contribution is -2.50. The summed E-state index contributed by atoms with van der Waals surface area (Å²) in [5, 5.41) is 5.82. The van der Waals surface area contributed by atoms with Crippen molar-refractivity contribution in [1.29, 1.82) is 0 Å². The predicted molar refractivity (Wildman–Crippen MR) is 142 cm³/mol. The van der Waals surface area contributed by atoms with E-state index in [2.05, 4.69) is 20.6 Å². The van der Waals surface area contributed by atoms with Crippen LogP contribution in [0.5, 0.6) is 0 Å². The Kier molecular flexibility index (Phi) is 7.33. The fourth-order valence-electron chi connectivity index (χ4n) is 5.40. The molecule has 2 N–H and O–H groups in total.